The summed E-state index contributed by atoms with van der Waals surface area (Å²) in [5, 5.41) is 9.04. The summed E-state index contributed by atoms with van der Waals surface area (Å²) in [6.07, 6.45) is 2.04. The van der Waals surface area contributed by atoms with Gasteiger partial charge in [0.2, 0.25) is 5.91 Å². The third-order valence-corrected chi connectivity index (χ3v) is 3.04. The Morgan fingerprint density at radius 2 is 1.91 bits per heavy atom. The first-order valence-electron chi connectivity index (χ1n) is 7.61. The second-order valence-electron chi connectivity index (χ2n) is 4.91. The first kappa shape index (κ1) is 21.6. The minimum absolute atomic E-state index is 0. The molecule has 23 heavy (non-hydrogen) atoms. The first-order chi connectivity index (χ1) is 10.7. The molecule has 0 unspecified atom stereocenters. The SMILES string of the molecule is CCCNC(=O)CCNC(=NC)NCCc1cccc(F)c1.I. The molecule has 0 spiro atoms. The highest BCUT2D eigenvalue weighted by atomic mass is 127. The molecule has 1 aromatic carbocycles. The maximum atomic E-state index is 13.1. The standard InChI is InChI=1S/C16H25FN4O.HI/c1-3-9-19-15(22)8-11-21-16(18-2)20-10-7-13-5-4-6-14(17)12-13;/h4-6,12H,3,7-11H2,1-2H3,(H,19,22)(H2,18,20,21);1H. The molecule has 0 fully saturated rings. The number of aliphatic imine (C=N–C) groups is 1. The summed E-state index contributed by atoms with van der Waals surface area (Å²) in [5.41, 5.74) is 0.932. The van der Waals surface area contributed by atoms with E-state index in [-0.39, 0.29) is 35.7 Å². The van der Waals surface area contributed by atoms with Crippen molar-refractivity contribution >= 4 is 35.8 Å². The Morgan fingerprint density at radius 1 is 1.17 bits per heavy atom. The fourth-order valence-corrected chi connectivity index (χ4v) is 1.89. The monoisotopic (exact) mass is 436 g/mol. The molecule has 7 heteroatoms. The molecule has 0 bridgehead atoms. The molecular weight excluding hydrogens is 410 g/mol. The predicted molar refractivity (Wildman–Crippen MR) is 103 cm³/mol. The van der Waals surface area contributed by atoms with Gasteiger partial charge in [-0.3, -0.25) is 9.79 Å². The molecule has 0 saturated carbocycles. The lowest BCUT2D eigenvalue weighted by atomic mass is 10.1. The zero-order valence-corrected chi connectivity index (χ0v) is 16.0. The molecule has 0 radical (unpaired) electrons. The van der Waals surface area contributed by atoms with Crippen molar-refractivity contribution in [1.82, 2.24) is 16.0 Å². The van der Waals surface area contributed by atoms with E-state index in [0.717, 1.165) is 12.0 Å². The van der Waals surface area contributed by atoms with Gasteiger partial charge in [0.25, 0.3) is 0 Å². The van der Waals surface area contributed by atoms with E-state index in [1.165, 1.54) is 12.1 Å². The van der Waals surface area contributed by atoms with Crippen molar-refractivity contribution in [2.45, 2.75) is 26.2 Å². The third kappa shape index (κ3) is 10.1. The number of benzene rings is 1. The van der Waals surface area contributed by atoms with Crippen LogP contribution < -0.4 is 16.0 Å². The Labute approximate surface area is 154 Å². The lowest BCUT2D eigenvalue weighted by molar-refractivity contribution is -0.120. The molecule has 0 atom stereocenters. The second kappa shape index (κ2) is 13.1. The van der Waals surface area contributed by atoms with Crippen molar-refractivity contribution in [2.75, 3.05) is 26.7 Å². The van der Waals surface area contributed by atoms with Gasteiger partial charge in [0, 0.05) is 33.1 Å². The van der Waals surface area contributed by atoms with E-state index in [1.807, 2.05) is 13.0 Å². The molecule has 3 N–H and O–H groups in total. The van der Waals surface area contributed by atoms with Crippen LogP contribution in [-0.2, 0) is 11.2 Å². The van der Waals surface area contributed by atoms with E-state index in [0.29, 0.717) is 38.4 Å². The quantitative estimate of drug-likeness (QED) is 0.332. The summed E-state index contributed by atoms with van der Waals surface area (Å²) < 4.78 is 13.1. The smallest absolute Gasteiger partial charge is 0.221 e. The first-order valence-corrected chi connectivity index (χ1v) is 7.61. The molecule has 0 saturated heterocycles. The lowest BCUT2D eigenvalue weighted by Crippen LogP contribution is -2.40. The number of carbonyl (C=O) groups is 1. The van der Waals surface area contributed by atoms with E-state index < -0.39 is 0 Å². The van der Waals surface area contributed by atoms with Gasteiger partial charge >= 0.3 is 0 Å². The van der Waals surface area contributed by atoms with Crippen LogP contribution in [0.1, 0.15) is 25.3 Å². The number of carbonyl (C=O) groups excluding carboxylic acids is 1. The summed E-state index contributed by atoms with van der Waals surface area (Å²) in [4.78, 5) is 15.5. The van der Waals surface area contributed by atoms with Gasteiger partial charge in [-0.2, -0.15) is 0 Å². The van der Waals surface area contributed by atoms with Crippen LogP contribution in [0.3, 0.4) is 0 Å². The van der Waals surface area contributed by atoms with Gasteiger partial charge in [-0.1, -0.05) is 19.1 Å². The van der Waals surface area contributed by atoms with E-state index in [9.17, 15) is 9.18 Å². The number of nitrogens with one attached hydrogen (secondary N) is 3. The molecule has 130 valence electrons. The average Bonchev–Trinajstić information content (AvgIpc) is 2.51. The Kier molecular flexibility index (Phi) is 12.3. The molecule has 1 amide bonds. The number of amides is 1. The molecule has 0 aromatic heterocycles. The van der Waals surface area contributed by atoms with Crippen molar-refractivity contribution in [2.24, 2.45) is 4.99 Å². The van der Waals surface area contributed by atoms with Crippen LogP contribution >= 0.6 is 24.0 Å². The molecule has 1 rings (SSSR count). The highest BCUT2D eigenvalue weighted by Crippen LogP contribution is 2.03. The largest absolute Gasteiger partial charge is 0.356 e. The zero-order valence-electron chi connectivity index (χ0n) is 13.7. The number of halogens is 2. The van der Waals surface area contributed by atoms with Crippen molar-refractivity contribution in [3.05, 3.63) is 35.6 Å². The van der Waals surface area contributed by atoms with Crippen LogP contribution in [0.25, 0.3) is 0 Å². The molecule has 5 nitrogen and oxygen atoms in total. The van der Waals surface area contributed by atoms with Crippen molar-refractivity contribution < 1.29 is 9.18 Å². The van der Waals surface area contributed by atoms with Crippen molar-refractivity contribution in [3.8, 4) is 0 Å². The van der Waals surface area contributed by atoms with Crippen LogP contribution in [0.4, 0.5) is 4.39 Å². The molecule has 0 aliphatic heterocycles. The summed E-state index contributed by atoms with van der Waals surface area (Å²) in [6.45, 7) is 3.89. The van der Waals surface area contributed by atoms with E-state index in [4.69, 9.17) is 0 Å². The van der Waals surface area contributed by atoms with Crippen LogP contribution in [0.5, 0.6) is 0 Å². The fraction of sp³-hybridized carbons (Fsp3) is 0.500. The predicted octanol–water partition coefficient (Wildman–Crippen LogP) is 2.07. The van der Waals surface area contributed by atoms with Gasteiger partial charge in [0.05, 0.1) is 0 Å². The summed E-state index contributed by atoms with van der Waals surface area (Å²) in [6, 6.07) is 6.54. The Balaban J connectivity index is 0.00000484. The van der Waals surface area contributed by atoms with Gasteiger partial charge in [-0.05, 0) is 30.5 Å². The Bertz CT molecular complexity index is 497. The molecule has 1 aromatic rings. The molecule has 0 aliphatic carbocycles. The molecule has 0 heterocycles. The minimum Gasteiger partial charge on any atom is -0.356 e. The molecule has 0 aliphatic rings. The van der Waals surface area contributed by atoms with Gasteiger partial charge in [-0.25, -0.2) is 4.39 Å². The Morgan fingerprint density at radius 3 is 2.57 bits per heavy atom. The van der Waals surface area contributed by atoms with Crippen LogP contribution in [0, 0.1) is 5.82 Å². The van der Waals surface area contributed by atoms with Crippen LogP contribution in [0.15, 0.2) is 29.3 Å². The van der Waals surface area contributed by atoms with Crippen LogP contribution in [-0.4, -0.2) is 38.5 Å². The number of nitrogens with zero attached hydrogens (tertiary/aromatic N) is 1. The lowest BCUT2D eigenvalue weighted by Gasteiger charge is -2.12. The third-order valence-electron chi connectivity index (χ3n) is 3.04. The number of guanidine groups is 1. The maximum absolute atomic E-state index is 13.1. The van der Waals surface area contributed by atoms with Crippen molar-refractivity contribution in [1.29, 1.82) is 0 Å². The molecular formula is C16H26FIN4O. The number of hydrogen-bond acceptors (Lipinski definition) is 2. The topological polar surface area (TPSA) is 65.5 Å². The van der Waals surface area contributed by atoms with Gasteiger partial charge in [0.1, 0.15) is 5.82 Å². The van der Waals surface area contributed by atoms with Crippen molar-refractivity contribution in [3.63, 3.8) is 0 Å². The number of hydrogen-bond donors (Lipinski definition) is 3. The number of rotatable bonds is 8. The van der Waals surface area contributed by atoms with Crippen LogP contribution in [0.2, 0.25) is 0 Å². The summed E-state index contributed by atoms with van der Waals surface area (Å²) in [7, 11) is 1.68. The van der Waals surface area contributed by atoms with Gasteiger partial charge in [-0.15, -0.1) is 24.0 Å². The highest BCUT2D eigenvalue weighted by Gasteiger charge is 2.02. The zero-order chi connectivity index (χ0) is 16.2. The normalized spacial score (nSPS) is 10.7. The average molecular weight is 436 g/mol. The highest BCUT2D eigenvalue weighted by molar-refractivity contribution is 14.0. The summed E-state index contributed by atoms with van der Waals surface area (Å²) >= 11 is 0. The maximum Gasteiger partial charge on any atom is 0.221 e. The van der Waals surface area contributed by atoms with Gasteiger partial charge in [0.15, 0.2) is 5.96 Å². The van der Waals surface area contributed by atoms with Gasteiger partial charge < -0.3 is 16.0 Å². The minimum atomic E-state index is -0.224. The second-order valence-corrected chi connectivity index (χ2v) is 4.91. The summed E-state index contributed by atoms with van der Waals surface area (Å²) in [5.74, 6) is 0.447. The van der Waals surface area contributed by atoms with E-state index in [1.54, 1.807) is 13.1 Å². The Hall–Kier alpha value is -1.38. The van der Waals surface area contributed by atoms with E-state index >= 15 is 0 Å². The fourth-order valence-electron chi connectivity index (χ4n) is 1.89. The van der Waals surface area contributed by atoms with E-state index in [2.05, 4.69) is 20.9 Å².